The number of nitrogens with one attached hydrogen (secondary N) is 1. The minimum Gasteiger partial charge on any atom is -0.481 e. The fraction of sp³-hybridized carbons (Fsp3) is 0.346. The lowest BCUT2D eigenvalue weighted by Gasteiger charge is -2.23. The van der Waals surface area contributed by atoms with Crippen molar-refractivity contribution in [3.63, 3.8) is 0 Å². The number of carbonyl (C=O) groups excluding carboxylic acids is 1. The lowest BCUT2D eigenvalue weighted by molar-refractivity contribution is -0.137. The second-order valence-electron chi connectivity index (χ2n) is 8.89. The Morgan fingerprint density at radius 1 is 1.14 bits per heavy atom. The minimum absolute atomic E-state index is 0.108. The number of rotatable bonds is 8. The number of anilines is 1. The topological polar surface area (TPSA) is 82.5 Å². The number of benzene rings is 2. The molecule has 4 rings (SSSR count). The van der Waals surface area contributed by atoms with Crippen LogP contribution in [0.3, 0.4) is 0 Å². The number of carbonyl (C=O) groups is 2. The highest BCUT2D eigenvalue weighted by Crippen LogP contribution is 2.38. The zero-order valence-electron chi connectivity index (χ0n) is 19.6. The van der Waals surface area contributed by atoms with Crippen LogP contribution >= 0.6 is 50.7 Å². The largest absolute Gasteiger partial charge is 0.481 e. The van der Waals surface area contributed by atoms with E-state index in [1.54, 1.807) is 12.1 Å². The summed E-state index contributed by atoms with van der Waals surface area (Å²) < 4.78 is 0.844. The quantitative estimate of drug-likeness (QED) is 0.262. The number of carboxylic acid groups (broad SMARTS) is 1. The van der Waals surface area contributed by atoms with E-state index >= 15 is 0 Å². The molecule has 1 fully saturated rings. The summed E-state index contributed by atoms with van der Waals surface area (Å²) in [6.07, 6.45) is 2.31. The Labute approximate surface area is 233 Å². The first-order chi connectivity index (χ1) is 17.2. The summed E-state index contributed by atoms with van der Waals surface area (Å²) in [6.45, 7) is 3.87. The van der Waals surface area contributed by atoms with E-state index in [2.05, 4.69) is 26.1 Å². The highest BCUT2D eigenvalue weighted by molar-refractivity contribution is 9.10. The van der Waals surface area contributed by atoms with E-state index < -0.39 is 11.9 Å². The number of fused-ring (bicyclic) bond motifs is 1. The number of pyridine rings is 1. The molecule has 6 nitrogen and oxygen atoms in total. The Morgan fingerprint density at radius 3 is 2.53 bits per heavy atom. The number of hydrogen-bond donors (Lipinski definition) is 2. The number of amides is 1. The van der Waals surface area contributed by atoms with Gasteiger partial charge in [-0.25, -0.2) is 4.98 Å². The number of carboxylic acids is 1. The van der Waals surface area contributed by atoms with Gasteiger partial charge in [-0.15, -0.1) is 0 Å². The van der Waals surface area contributed by atoms with Crippen LogP contribution in [-0.4, -0.2) is 41.6 Å². The molecular formula is C26H25BrCl3N3O3. The molecule has 0 saturated carbocycles. The molecule has 0 unspecified atom stereocenters. The maximum Gasteiger partial charge on any atom is 0.303 e. The second kappa shape index (κ2) is 11.5. The molecule has 0 aliphatic carbocycles. The number of aromatic nitrogens is 1. The zero-order valence-corrected chi connectivity index (χ0v) is 23.4. The maximum atomic E-state index is 13.7. The van der Waals surface area contributed by atoms with Gasteiger partial charge in [-0.3, -0.25) is 9.59 Å². The Morgan fingerprint density at radius 2 is 1.83 bits per heavy atom. The van der Waals surface area contributed by atoms with Gasteiger partial charge in [-0.1, -0.05) is 50.7 Å². The van der Waals surface area contributed by atoms with Crippen LogP contribution in [0.2, 0.25) is 15.1 Å². The van der Waals surface area contributed by atoms with E-state index in [1.165, 1.54) is 0 Å². The third-order valence-electron chi connectivity index (χ3n) is 6.50. The summed E-state index contributed by atoms with van der Waals surface area (Å²) in [7, 11) is 0. The standard InChI is InChI=1S/C26H25BrCl3N3O3/c1-14-22(17-12-16(27)5-8-20(17)32-25(14)33-10-2-3-11-33)26(36)31-13-15(4-9-21(34)35)23-18(28)6-7-19(29)24(23)30/h5-8,12,15H,2-4,9-11,13H2,1H3,(H,31,36)(H,34,35)/t15-/m1/s1. The highest BCUT2D eigenvalue weighted by atomic mass is 79.9. The summed E-state index contributed by atoms with van der Waals surface area (Å²) in [5, 5.41) is 14.0. The molecule has 2 aromatic carbocycles. The van der Waals surface area contributed by atoms with Crippen LogP contribution in [0.25, 0.3) is 10.9 Å². The van der Waals surface area contributed by atoms with Crippen molar-refractivity contribution in [3.05, 3.63) is 66.6 Å². The number of halogens is 4. The van der Waals surface area contributed by atoms with Crippen molar-refractivity contribution in [2.45, 2.75) is 38.5 Å². The molecule has 3 aromatic rings. The van der Waals surface area contributed by atoms with Crippen LogP contribution < -0.4 is 10.2 Å². The van der Waals surface area contributed by atoms with Gasteiger partial charge >= 0.3 is 5.97 Å². The second-order valence-corrected chi connectivity index (χ2v) is 11.0. The van der Waals surface area contributed by atoms with Crippen LogP contribution in [0.5, 0.6) is 0 Å². The average molecular weight is 614 g/mol. The lowest BCUT2D eigenvalue weighted by Crippen LogP contribution is -2.31. The van der Waals surface area contributed by atoms with Crippen LogP contribution in [0, 0.1) is 6.92 Å². The molecule has 2 N–H and O–H groups in total. The minimum atomic E-state index is -0.948. The van der Waals surface area contributed by atoms with Crippen LogP contribution in [-0.2, 0) is 4.79 Å². The maximum absolute atomic E-state index is 13.7. The molecule has 1 aromatic heterocycles. The van der Waals surface area contributed by atoms with Crippen LogP contribution in [0.4, 0.5) is 5.82 Å². The molecule has 0 spiro atoms. The normalized spacial score (nSPS) is 14.3. The Kier molecular flexibility index (Phi) is 8.66. The fourth-order valence-electron chi connectivity index (χ4n) is 4.71. The summed E-state index contributed by atoms with van der Waals surface area (Å²) in [4.78, 5) is 32.1. The summed E-state index contributed by atoms with van der Waals surface area (Å²) in [6, 6.07) is 8.92. The molecule has 1 saturated heterocycles. The van der Waals surface area contributed by atoms with E-state index in [0.717, 1.165) is 52.7 Å². The summed E-state index contributed by atoms with van der Waals surface area (Å²) in [5.74, 6) is -0.845. The molecule has 1 atom stereocenters. The molecule has 2 heterocycles. The highest BCUT2D eigenvalue weighted by Gasteiger charge is 2.26. The predicted molar refractivity (Wildman–Crippen MR) is 149 cm³/mol. The molecule has 1 aliphatic heterocycles. The van der Waals surface area contributed by atoms with Crippen molar-refractivity contribution in [1.82, 2.24) is 10.3 Å². The third-order valence-corrected chi connectivity index (χ3v) is 8.14. The van der Waals surface area contributed by atoms with Crippen molar-refractivity contribution in [2.24, 2.45) is 0 Å². The Bertz CT molecular complexity index is 1330. The SMILES string of the molecule is Cc1c(N2CCCC2)nc2ccc(Br)cc2c1C(=O)NC[C@@H](CCC(=O)O)c1c(Cl)ccc(Cl)c1Cl. The first-order valence-corrected chi connectivity index (χ1v) is 13.6. The molecular weight excluding hydrogens is 589 g/mol. The lowest BCUT2D eigenvalue weighted by atomic mass is 9.93. The van der Waals surface area contributed by atoms with Crippen molar-refractivity contribution in [2.75, 3.05) is 24.5 Å². The van der Waals surface area contributed by atoms with Crippen LogP contribution in [0.15, 0.2) is 34.8 Å². The van der Waals surface area contributed by atoms with Gasteiger partial charge < -0.3 is 15.3 Å². The van der Waals surface area contributed by atoms with E-state index in [4.69, 9.17) is 39.8 Å². The summed E-state index contributed by atoms with van der Waals surface area (Å²) >= 11 is 22.6. The number of nitrogens with zero attached hydrogens (tertiary/aromatic N) is 2. The van der Waals surface area contributed by atoms with Crippen molar-refractivity contribution in [3.8, 4) is 0 Å². The van der Waals surface area contributed by atoms with E-state index in [-0.39, 0.29) is 30.3 Å². The Hall–Kier alpha value is -2.06. The van der Waals surface area contributed by atoms with Gasteiger partial charge in [-0.05, 0) is 62.1 Å². The van der Waals surface area contributed by atoms with Crippen LogP contribution in [0.1, 0.15) is 53.1 Å². The Balaban J connectivity index is 1.70. The van der Waals surface area contributed by atoms with E-state index in [1.807, 2.05) is 25.1 Å². The zero-order chi connectivity index (χ0) is 26.0. The molecule has 36 heavy (non-hydrogen) atoms. The molecule has 10 heteroatoms. The molecule has 0 bridgehead atoms. The van der Waals surface area contributed by atoms with E-state index in [0.29, 0.717) is 21.2 Å². The van der Waals surface area contributed by atoms with Gasteiger partial charge in [0, 0.05) is 52.4 Å². The first-order valence-electron chi connectivity index (χ1n) is 11.7. The van der Waals surface area contributed by atoms with Crippen molar-refractivity contribution < 1.29 is 14.7 Å². The van der Waals surface area contributed by atoms with Gasteiger partial charge in [0.15, 0.2) is 0 Å². The predicted octanol–water partition coefficient (Wildman–Crippen LogP) is 7.24. The van der Waals surface area contributed by atoms with Gasteiger partial charge in [0.05, 0.1) is 21.1 Å². The van der Waals surface area contributed by atoms with Gasteiger partial charge in [0.25, 0.3) is 5.91 Å². The monoisotopic (exact) mass is 611 g/mol. The summed E-state index contributed by atoms with van der Waals surface area (Å²) in [5.41, 5.74) is 2.62. The fourth-order valence-corrected chi connectivity index (χ4v) is 5.92. The van der Waals surface area contributed by atoms with Gasteiger partial charge in [0.2, 0.25) is 0 Å². The molecule has 190 valence electrons. The first kappa shape index (κ1) is 27.0. The molecule has 0 radical (unpaired) electrons. The third kappa shape index (κ3) is 5.75. The number of hydrogen-bond acceptors (Lipinski definition) is 4. The van der Waals surface area contributed by atoms with Crippen molar-refractivity contribution in [1.29, 1.82) is 0 Å². The number of aliphatic carboxylic acids is 1. The van der Waals surface area contributed by atoms with Crippen molar-refractivity contribution >= 4 is 79.3 Å². The average Bonchev–Trinajstić information content (AvgIpc) is 3.37. The molecule has 1 amide bonds. The van der Waals surface area contributed by atoms with Gasteiger partial charge in [-0.2, -0.15) is 0 Å². The molecule has 1 aliphatic rings. The van der Waals surface area contributed by atoms with E-state index in [9.17, 15) is 14.7 Å². The van der Waals surface area contributed by atoms with Gasteiger partial charge in [0.1, 0.15) is 5.82 Å². The smallest absolute Gasteiger partial charge is 0.303 e.